The van der Waals surface area contributed by atoms with Gasteiger partial charge in [0.05, 0.1) is 11.0 Å². The monoisotopic (exact) mass is 405 g/mol. The average Bonchev–Trinajstić information content (AvgIpc) is 3.00. The van der Waals surface area contributed by atoms with Gasteiger partial charge >= 0.3 is 0 Å². The molecule has 0 saturated heterocycles. The van der Waals surface area contributed by atoms with Crippen LogP contribution in [0.25, 0.3) is 21.8 Å². The summed E-state index contributed by atoms with van der Waals surface area (Å²) in [7, 11) is 0. The number of hydrogen-bond donors (Lipinski definition) is 1. The highest BCUT2D eigenvalue weighted by Gasteiger charge is 2.17. The molecule has 0 aliphatic rings. The summed E-state index contributed by atoms with van der Waals surface area (Å²) < 4.78 is 29.5. The molecule has 0 fully saturated rings. The lowest BCUT2D eigenvalue weighted by molar-refractivity contribution is 0.100. The maximum absolute atomic E-state index is 13.8. The van der Waals surface area contributed by atoms with Crippen LogP contribution in [0.4, 0.5) is 8.78 Å². The SMILES string of the molecule is CCCCCc1c[c]c2c3c(C(N)=O)cccc3n(Cc3cc(F)cc(F)c3)c2c1. The van der Waals surface area contributed by atoms with Gasteiger partial charge in [-0.25, -0.2) is 8.78 Å². The molecule has 3 nitrogen and oxygen atoms in total. The van der Waals surface area contributed by atoms with Gasteiger partial charge in [-0.05, 0) is 60.4 Å². The van der Waals surface area contributed by atoms with Crippen LogP contribution in [0.5, 0.6) is 0 Å². The Morgan fingerprint density at radius 3 is 2.50 bits per heavy atom. The number of hydrogen-bond acceptors (Lipinski definition) is 1. The fraction of sp³-hybridized carbons (Fsp3) is 0.240. The van der Waals surface area contributed by atoms with Gasteiger partial charge in [-0.15, -0.1) is 0 Å². The van der Waals surface area contributed by atoms with Gasteiger partial charge in [0, 0.05) is 28.9 Å². The number of halogens is 2. The topological polar surface area (TPSA) is 48.0 Å². The van der Waals surface area contributed by atoms with Crippen LogP contribution in [0, 0.1) is 17.7 Å². The minimum atomic E-state index is -0.615. The highest BCUT2D eigenvalue weighted by atomic mass is 19.1. The summed E-state index contributed by atoms with van der Waals surface area (Å²) in [6.45, 7) is 2.43. The minimum absolute atomic E-state index is 0.267. The fourth-order valence-corrected chi connectivity index (χ4v) is 4.08. The molecule has 0 aliphatic heterocycles. The molecule has 0 bridgehead atoms. The zero-order valence-corrected chi connectivity index (χ0v) is 16.8. The first-order chi connectivity index (χ1) is 14.5. The molecule has 2 N–H and O–H groups in total. The van der Waals surface area contributed by atoms with E-state index >= 15 is 0 Å². The molecule has 1 amide bonds. The van der Waals surface area contributed by atoms with Crippen molar-refractivity contribution in [3.63, 3.8) is 0 Å². The number of aromatic nitrogens is 1. The van der Waals surface area contributed by atoms with E-state index in [-0.39, 0.29) is 6.54 Å². The highest BCUT2D eigenvalue weighted by molar-refractivity contribution is 6.17. The summed E-state index contributed by atoms with van der Waals surface area (Å²) in [4.78, 5) is 12.1. The summed E-state index contributed by atoms with van der Waals surface area (Å²) in [5.41, 5.74) is 9.34. The van der Waals surface area contributed by atoms with Crippen molar-refractivity contribution in [3.05, 3.63) is 82.9 Å². The molecule has 1 heterocycles. The molecule has 30 heavy (non-hydrogen) atoms. The Kier molecular flexibility index (Phi) is 5.53. The Bertz CT molecular complexity index is 1220. The molecule has 0 spiro atoms. The van der Waals surface area contributed by atoms with Crippen molar-refractivity contribution in [2.75, 3.05) is 0 Å². The van der Waals surface area contributed by atoms with E-state index < -0.39 is 17.5 Å². The van der Waals surface area contributed by atoms with Crippen LogP contribution < -0.4 is 5.73 Å². The largest absolute Gasteiger partial charge is 0.366 e. The van der Waals surface area contributed by atoms with Crippen LogP contribution >= 0.6 is 0 Å². The van der Waals surface area contributed by atoms with E-state index in [1.807, 2.05) is 16.7 Å². The van der Waals surface area contributed by atoms with Gasteiger partial charge in [0.1, 0.15) is 11.6 Å². The number of rotatable bonds is 7. The Labute approximate surface area is 174 Å². The number of amides is 1. The van der Waals surface area contributed by atoms with E-state index in [0.717, 1.165) is 59.1 Å². The number of fused-ring (bicyclic) bond motifs is 3. The third-order valence-electron chi connectivity index (χ3n) is 5.45. The number of unbranched alkanes of at least 4 members (excludes halogenated alkanes) is 2. The molecule has 0 atom stereocenters. The molecule has 0 unspecified atom stereocenters. The summed E-state index contributed by atoms with van der Waals surface area (Å²) in [6, 6.07) is 16.3. The van der Waals surface area contributed by atoms with Crippen molar-refractivity contribution in [2.24, 2.45) is 5.73 Å². The van der Waals surface area contributed by atoms with Crippen LogP contribution in [0.3, 0.4) is 0 Å². The van der Waals surface area contributed by atoms with Crippen molar-refractivity contribution >= 4 is 27.7 Å². The molecule has 3 aromatic carbocycles. The van der Waals surface area contributed by atoms with Crippen molar-refractivity contribution in [1.29, 1.82) is 0 Å². The van der Waals surface area contributed by atoms with E-state index in [9.17, 15) is 13.6 Å². The van der Waals surface area contributed by atoms with Crippen molar-refractivity contribution in [1.82, 2.24) is 4.57 Å². The van der Waals surface area contributed by atoms with Gasteiger partial charge in [-0.2, -0.15) is 0 Å². The lowest BCUT2D eigenvalue weighted by atomic mass is 10.0. The third kappa shape index (κ3) is 3.80. The number of carbonyl (C=O) groups excluding carboxylic acids is 1. The van der Waals surface area contributed by atoms with Crippen molar-refractivity contribution in [3.8, 4) is 0 Å². The zero-order valence-electron chi connectivity index (χ0n) is 16.8. The van der Waals surface area contributed by atoms with Crippen LogP contribution in [0.1, 0.15) is 47.7 Å². The Morgan fingerprint density at radius 2 is 1.80 bits per heavy atom. The summed E-state index contributed by atoms with van der Waals surface area (Å²) >= 11 is 0. The first-order valence-corrected chi connectivity index (χ1v) is 10.2. The second-order valence-electron chi connectivity index (χ2n) is 7.65. The van der Waals surface area contributed by atoms with Gasteiger partial charge in [0.25, 0.3) is 0 Å². The molecule has 0 aliphatic carbocycles. The number of nitrogens with zero attached hydrogens (tertiary/aromatic N) is 1. The van der Waals surface area contributed by atoms with Crippen LogP contribution in [-0.2, 0) is 13.0 Å². The maximum Gasteiger partial charge on any atom is 0.249 e. The van der Waals surface area contributed by atoms with Crippen LogP contribution in [0.15, 0.2) is 48.5 Å². The molecule has 1 radical (unpaired) electrons. The second-order valence-corrected chi connectivity index (χ2v) is 7.65. The standard InChI is InChI=1S/C25H23F2N2O/c1-2-3-4-6-16-9-10-20-23(13-16)29(15-17-11-18(26)14-19(27)12-17)22-8-5-7-21(24(20)22)25(28)30/h5,7-9,11-14H,2-4,6,15H2,1H3,(H2,28,30). The average molecular weight is 405 g/mol. The van der Waals surface area contributed by atoms with Crippen LogP contribution in [-0.4, -0.2) is 10.5 Å². The molecule has 0 saturated carbocycles. The predicted octanol–water partition coefficient (Wildman–Crippen LogP) is 5.75. The van der Waals surface area contributed by atoms with Crippen LogP contribution in [0.2, 0.25) is 0 Å². The predicted molar refractivity (Wildman–Crippen MR) is 115 cm³/mol. The number of nitrogens with two attached hydrogens (primary N) is 1. The molecule has 153 valence electrons. The fourth-order valence-electron chi connectivity index (χ4n) is 4.08. The Balaban J connectivity index is 1.93. The van der Waals surface area contributed by atoms with E-state index in [2.05, 4.69) is 19.1 Å². The summed E-state index contributed by atoms with van der Waals surface area (Å²) in [5, 5.41) is 1.51. The number of carbonyl (C=O) groups is 1. The third-order valence-corrected chi connectivity index (χ3v) is 5.45. The summed E-state index contributed by atoms with van der Waals surface area (Å²) in [5.74, 6) is -1.75. The normalized spacial score (nSPS) is 11.4. The van der Waals surface area contributed by atoms with Gasteiger partial charge in [-0.1, -0.05) is 31.9 Å². The summed E-state index contributed by atoms with van der Waals surface area (Å²) in [6.07, 6.45) is 4.30. The van der Waals surface area contributed by atoms with Crippen molar-refractivity contribution < 1.29 is 13.6 Å². The first kappa shape index (κ1) is 20.1. The van der Waals surface area contributed by atoms with E-state index in [4.69, 9.17) is 5.73 Å². The highest BCUT2D eigenvalue weighted by Crippen LogP contribution is 2.33. The lowest BCUT2D eigenvalue weighted by Gasteiger charge is -2.09. The van der Waals surface area contributed by atoms with Crippen molar-refractivity contribution in [2.45, 2.75) is 39.2 Å². The molecule has 4 rings (SSSR count). The number of aryl methyl sites for hydroxylation is 1. The Hall–Kier alpha value is -3.21. The van der Waals surface area contributed by atoms with Gasteiger partial charge in [0.2, 0.25) is 5.91 Å². The number of primary amides is 1. The van der Waals surface area contributed by atoms with E-state index in [1.165, 1.54) is 12.1 Å². The molecule has 1 aromatic heterocycles. The first-order valence-electron chi connectivity index (χ1n) is 10.2. The Morgan fingerprint density at radius 1 is 1.03 bits per heavy atom. The maximum atomic E-state index is 13.8. The second kappa shape index (κ2) is 8.27. The van der Waals surface area contributed by atoms with E-state index in [0.29, 0.717) is 11.1 Å². The van der Waals surface area contributed by atoms with Gasteiger partial charge < -0.3 is 10.3 Å². The minimum Gasteiger partial charge on any atom is -0.366 e. The van der Waals surface area contributed by atoms with Gasteiger partial charge in [-0.3, -0.25) is 4.79 Å². The van der Waals surface area contributed by atoms with E-state index in [1.54, 1.807) is 12.1 Å². The molecular weight excluding hydrogens is 382 g/mol. The molecule has 5 heteroatoms. The smallest absolute Gasteiger partial charge is 0.249 e. The molecule has 4 aromatic rings. The quantitative estimate of drug-likeness (QED) is 0.391. The molecular formula is C25H23F2N2O. The number of benzene rings is 3. The van der Waals surface area contributed by atoms with Gasteiger partial charge in [0.15, 0.2) is 0 Å². The lowest BCUT2D eigenvalue weighted by Crippen LogP contribution is -2.11. The zero-order chi connectivity index (χ0) is 21.3.